The first-order chi connectivity index (χ1) is 31.3. The van der Waals surface area contributed by atoms with E-state index in [1.807, 2.05) is 0 Å². The molecule has 1 aliphatic carbocycles. The Morgan fingerprint density at radius 1 is 0.302 bits per heavy atom. The Balaban J connectivity index is 0.980. The molecule has 11 aromatic rings. The third-order valence-electron chi connectivity index (χ3n) is 13.0. The summed E-state index contributed by atoms with van der Waals surface area (Å²) >= 11 is 0. The molecule has 0 saturated carbocycles. The van der Waals surface area contributed by atoms with E-state index in [1.165, 1.54) is 44.5 Å². The van der Waals surface area contributed by atoms with E-state index in [1.54, 1.807) is 0 Å². The van der Waals surface area contributed by atoms with Gasteiger partial charge in [-0.3, -0.25) is 0 Å². The van der Waals surface area contributed by atoms with Crippen LogP contribution in [0.5, 0.6) is 0 Å². The van der Waals surface area contributed by atoms with Gasteiger partial charge in [-0.2, -0.15) is 0 Å². The van der Waals surface area contributed by atoms with Gasteiger partial charge >= 0.3 is 0 Å². The molecule has 0 amide bonds. The van der Waals surface area contributed by atoms with Gasteiger partial charge in [0.25, 0.3) is 0 Å². The minimum Gasteiger partial charge on any atom is -0.456 e. The molecule has 0 aliphatic heterocycles. The van der Waals surface area contributed by atoms with Crippen molar-refractivity contribution in [2.24, 2.45) is 0 Å². The molecule has 0 saturated heterocycles. The van der Waals surface area contributed by atoms with Gasteiger partial charge in [0.05, 0.1) is 11.1 Å². The van der Waals surface area contributed by atoms with E-state index in [2.05, 4.69) is 254 Å². The molecule has 0 fully saturated rings. The highest BCUT2D eigenvalue weighted by Crippen LogP contribution is 2.56. The zero-order valence-electron chi connectivity index (χ0n) is 34.5. The highest BCUT2D eigenvalue weighted by atomic mass is 16.3. The third kappa shape index (κ3) is 5.95. The van der Waals surface area contributed by atoms with E-state index in [0.717, 1.165) is 61.3 Å². The maximum absolute atomic E-state index is 6.79. The van der Waals surface area contributed by atoms with E-state index < -0.39 is 5.41 Å². The molecule has 1 aromatic heterocycles. The van der Waals surface area contributed by atoms with Crippen molar-refractivity contribution in [2.45, 2.75) is 5.41 Å². The molecule has 2 heteroatoms. The molecule has 0 bridgehead atoms. The summed E-state index contributed by atoms with van der Waals surface area (Å²) in [6.45, 7) is 0. The van der Waals surface area contributed by atoms with Crippen molar-refractivity contribution in [2.75, 3.05) is 4.90 Å². The molecule has 0 N–H and O–H groups in total. The monoisotopic (exact) mass is 803 g/mol. The number of hydrogen-bond donors (Lipinski definition) is 0. The zero-order chi connectivity index (χ0) is 41.7. The second-order valence-electron chi connectivity index (χ2n) is 16.4. The summed E-state index contributed by atoms with van der Waals surface area (Å²) in [4.78, 5) is 2.37. The molecule has 10 aromatic carbocycles. The van der Waals surface area contributed by atoms with E-state index in [9.17, 15) is 0 Å². The summed E-state index contributed by atoms with van der Waals surface area (Å²) in [5.74, 6) is 0. The van der Waals surface area contributed by atoms with E-state index in [4.69, 9.17) is 4.42 Å². The molecular weight excluding hydrogens is 763 g/mol. The van der Waals surface area contributed by atoms with Gasteiger partial charge in [-0.15, -0.1) is 0 Å². The summed E-state index contributed by atoms with van der Waals surface area (Å²) in [7, 11) is 0. The topological polar surface area (TPSA) is 16.4 Å². The third-order valence-corrected chi connectivity index (χ3v) is 13.0. The number of anilines is 3. The molecule has 1 aliphatic rings. The first kappa shape index (κ1) is 36.6. The smallest absolute Gasteiger partial charge is 0.135 e. The molecule has 0 atom stereocenters. The van der Waals surface area contributed by atoms with Crippen LogP contribution in [0.3, 0.4) is 0 Å². The van der Waals surface area contributed by atoms with Gasteiger partial charge in [-0.05, 0) is 110 Å². The number of furan rings is 1. The Hall–Kier alpha value is -8.20. The van der Waals surface area contributed by atoms with Crippen molar-refractivity contribution >= 4 is 39.0 Å². The van der Waals surface area contributed by atoms with Gasteiger partial charge in [-0.1, -0.05) is 200 Å². The van der Waals surface area contributed by atoms with Crippen molar-refractivity contribution in [1.29, 1.82) is 0 Å². The second kappa shape index (κ2) is 15.1. The van der Waals surface area contributed by atoms with Crippen molar-refractivity contribution in [3.05, 3.63) is 271 Å². The van der Waals surface area contributed by atoms with Gasteiger partial charge < -0.3 is 9.32 Å². The van der Waals surface area contributed by atoms with Crippen molar-refractivity contribution < 1.29 is 4.42 Å². The van der Waals surface area contributed by atoms with Crippen LogP contribution in [-0.2, 0) is 5.41 Å². The van der Waals surface area contributed by atoms with Crippen LogP contribution in [0.15, 0.2) is 253 Å². The second-order valence-corrected chi connectivity index (χ2v) is 16.4. The fraction of sp³-hybridized carbons (Fsp3) is 0.0164. The van der Waals surface area contributed by atoms with Gasteiger partial charge in [0, 0.05) is 27.7 Å². The number of para-hydroxylation sites is 2. The number of fused-ring (bicyclic) bond motifs is 6. The summed E-state index contributed by atoms with van der Waals surface area (Å²) in [5.41, 5.74) is 19.1. The van der Waals surface area contributed by atoms with Crippen LogP contribution in [0.2, 0.25) is 0 Å². The number of benzene rings is 10. The Morgan fingerprint density at radius 2 is 0.825 bits per heavy atom. The Bertz CT molecular complexity index is 3400. The van der Waals surface area contributed by atoms with Gasteiger partial charge in [0.2, 0.25) is 0 Å². The van der Waals surface area contributed by atoms with Crippen LogP contribution in [0, 0.1) is 0 Å². The lowest BCUT2D eigenvalue weighted by molar-refractivity contribution is 0.665. The SMILES string of the molecule is c1ccc(-c2ccc(N(c3ccccc3)c3ccccc3-c3ccccc3-c3ccc4oc5cc(C6(c7ccccc7)c7ccccc7-c7ccccc76)ccc5c4c3)cc2)cc1. The summed E-state index contributed by atoms with van der Waals surface area (Å²) in [6, 6.07) is 89.9. The lowest BCUT2D eigenvalue weighted by Gasteiger charge is -2.33. The standard InChI is InChI=1S/C61H41NO/c1-4-18-42(19-5-1)43-32-36-48(37-33-43)62(47-22-8-3-9-23-47)58-31-17-14-28-53(58)50-25-11-10-24-49(50)44-34-39-59-55(40-44)54-38-35-46(41-60(54)63-59)61(45-20-6-2-7-21-45)56-29-15-12-26-51(56)52-27-13-16-30-57(52)61/h1-41H. The largest absolute Gasteiger partial charge is 0.456 e. The summed E-state index contributed by atoms with van der Waals surface area (Å²) < 4.78 is 6.79. The summed E-state index contributed by atoms with van der Waals surface area (Å²) in [6.07, 6.45) is 0. The maximum atomic E-state index is 6.79. The van der Waals surface area contributed by atoms with Crippen molar-refractivity contribution in [1.82, 2.24) is 0 Å². The molecule has 2 nitrogen and oxygen atoms in total. The molecule has 1 heterocycles. The molecule has 0 unspecified atom stereocenters. The fourth-order valence-electron chi connectivity index (χ4n) is 10.2. The Kier molecular flexibility index (Phi) is 8.76. The van der Waals surface area contributed by atoms with Crippen LogP contribution in [0.4, 0.5) is 17.1 Å². The van der Waals surface area contributed by atoms with Gasteiger partial charge in [0.15, 0.2) is 0 Å². The van der Waals surface area contributed by atoms with Crippen molar-refractivity contribution in [3.63, 3.8) is 0 Å². The Labute approximate surface area is 367 Å². The van der Waals surface area contributed by atoms with E-state index >= 15 is 0 Å². The van der Waals surface area contributed by atoms with Crippen LogP contribution < -0.4 is 4.90 Å². The highest BCUT2D eigenvalue weighted by Gasteiger charge is 2.46. The predicted molar refractivity (Wildman–Crippen MR) is 262 cm³/mol. The first-order valence-electron chi connectivity index (χ1n) is 21.7. The first-order valence-corrected chi connectivity index (χ1v) is 21.7. The minimum absolute atomic E-state index is 0.489. The van der Waals surface area contributed by atoms with Crippen LogP contribution in [-0.4, -0.2) is 0 Å². The highest BCUT2D eigenvalue weighted by molar-refractivity contribution is 6.07. The van der Waals surface area contributed by atoms with Crippen LogP contribution >= 0.6 is 0 Å². The van der Waals surface area contributed by atoms with Crippen molar-refractivity contribution in [3.8, 4) is 44.5 Å². The van der Waals surface area contributed by atoms with Gasteiger partial charge in [0.1, 0.15) is 11.2 Å². The number of nitrogens with zero attached hydrogens (tertiary/aromatic N) is 1. The normalized spacial score (nSPS) is 12.6. The zero-order valence-corrected chi connectivity index (χ0v) is 34.5. The summed E-state index contributed by atoms with van der Waals surface area (Å²) in [5, 5.41) is 2.20. The average Bonchev–Trinajstić information content (AvgIpc) is 3.88. The average molecular weight is 804 g/mol. The minimum atomic E-state index is -0.489. The maximum Gasteiger partial charge on any atom is 0.135 e. The van der Waals surface area contributed by atoms with E-state index in [0.29, 0.717) is 0 Å². The van der Waals surface area contributed by atoms with E-state index in [-0.39, 0.29) is 0 Å². The molecular formula is C61H41NO. The molecule has 12 rings (SSSR count). The lowest BCUT2D eigenvalue weighted by Crippen LogP contribution is -2.28. The number of hydrogen-bond acceptors (Lipinski definition) is 2. The predicted octanol–water partition coefficient (Wildman–Crippen LogP) is 16.4. The van der Waals surface area contributed by atoms with Crippen LogP contribution in [0.25, 0.3) is 66.4 Å². The fourth-order valence-corrected chi connectivity index (χ4v) is 10.2. The number of rotatable bonds is 8. The van der Waals surface area contributed by atoms with Gasteiger partial charge in [-0.25, -0.2) is 0 Å². The Morgan fingerprint density at radius 3 is 1.52 bits per heavy atom. The molecule has 0 spiro atoms. The molecule has 0 radical (unpaired) electrons. The molecule has 63 heavy (non-hydrogen) atoms. The molecule has 296 valence electrons. The van der Waals surface area contributed by atoms with Crippen LogP contribution in [0.1, 0.15) is 22.3 Å². The quantitative estimate of drug-likeness (QED) is 0.152. The lowest BCUT2D eigenvalue weighted by atomic mass is 9.67.